The first-order chi connectivity index (χ1) is 14.4. The third-order valence-electron chi connectivity index (χ3n) is 6.42. The van der Waals surface area contributed by atoms with Gasteiger partial charge in [0, 0.05) is 19.1 Å². The minimum absolute atomic E-state index is 0.0270. The average Bonchev–Trinajstić information content (AvgIpc) is 3.24. The predicted octanol–water partition coefficient (Wildman–Crippen LogP) is 3.31. The Hall–Kier alpha value is -1.74. The van der Waals surface area contributed by atoms with Gasteiger partial charge in [-0.05, 0) is 73.9 Å². The SMILES string of the molecule is O=S(=O)(c1ccc(S(=O)(=O)N(C2CC2)C2CCc3ccccc32)cc1)N1CCCC1. The van der Waals surface area contributed by atoms with Gasteiger partial charge in [0.2, 0.25) is 20.0 Å². The molecule has 1 atom stereocenters. The number of hydrogen-bond donors (Lipinski definition) is 0. The first-order valence-electron chi connectivity index (χ1n) is 10.6. The highest BCUT2D eigenvalue weighted by molar-refractivity contribution is 7.89. The van der Waals surface area contributed by atoms with E-state index in [9.17, 15) is 16.8 Å². The number of aryl methyl sites for hydroxylation is 1. The van der Waals surface area contributed by atoms with Crippen LogP contribution < -0.4 is 0 Å². The van der Waals surface area contributed by atoms with E-state index in [2.05, 4.69) is 6.07 Å². The average molecular weight is 447 g/mol. The van der Waals surface area contributed by atoms with Crippen molar-refractivity contribution in [1.82, 2.24) is 8.61 Å². The van der Waals surface area contributed by atoms with E-state index >= 15 is 0 Å². The first kappa shape index (κ1) is 20.2. The molecule has 2 aromatic rings. The van der Waals surface area contributed by atoms with Crippen molar-refractivity contribution in [3.05, 3.63) is 59.7 Å². The van der Waals surface area contributed by atoms with E-state index in [0.717, 1.165) is 44.1 Å². The lowest BCUT2D eigenvalue weighted by molar-refractivity contribution is 0.314. The minimum Gasteiger partial charge on any atom is -0.207 e. The van der Waals surface area contributed by atoms with Gasteiger partial charge in [-0.2, -0.15) is 8.61 Å². The molecule has 6 nitrogen and oxygen atoms in total. The van der Waals surface area contributed by atoms with Crippen LogP contribution in [0.2, 0.25) is 0 Å². The fourth-order valence-electron chi connectivity index (χ4n) is 4.73. The molecule has 1 saturated carbocycles. The number of fused-ring (bicyclic) bond motifs is 1. The molecule has 0 radical (unpaired) electrons. The number of nitrogens with zero attached hydrogens (tertiary/aromatic N) is 2. The number of sulfonamides is 2. The van der Waals surface area contributed by atoms with Crippen LogP contribution in [-0.2, 0) is 26.5 Å². The van der Waals surface area contributed by atoms with Crippen molar-refractivity contribution in [3.63, 3.8) is 0 Å². The van der Waals surface area contributed by atoms with Gasteiger partial charge in [-0.15, -0.1) is 0 Å². The van der Waals surface area contributed by atoms with Crippen molar-refractivity contribution in [2.75, 3.05) is 13.1 Å². The van der Waals surface area contributed by atoms with Crippen LogP contribution in [0.5, 0.6) is 0 Å². The molecule has 8 heteroatoms. The van der Waals surface area contributed by atoms with Gasteiger partial charge in [0.25, 0.3) is 0 Å². The molecular formula is C22H26N2O4S2. The zero-order valence-electron chi connectivity index (χ0n) is 16.8. The van der Waals surface area contributed by atoms with E-state index < -0.39 is 20.0 Å². The van der Waals surface area contributed by atoms with Crippen LogP contribution in [0.3, 0.4) is 0 Å². The molecule has 0 spiro atoms. The second-order valence-electron chi connectivity index (χ2n) is 8.40. The number of benzene rings is 2. The van der Waals surface area contributed by atoms with Crippen molar-refractivity contribution in [3.8, 4) is 0 Å². The summed E-state index contributed by atoms with van der Waals surface area (Å²) >= 11 is 0. The van der Waals surface area contributed by atoms with Crippen LogP contribution in [0, 0.1) is 0 Å². The van der Waals surface area contributed by atoms with Crippen LogP contribution >= 0.6 is 0 Å². The molecule has 0 amide bonds. The predicted molar refractivity (Wildman–Crippen MR) is 114 cm³/mol. The summed E-state index contributed by atoms with van der Waals surface area (Å²) in [6, 6.07) is 13.7. The first-order valence-corrected chi connectivity index (χ1v) is 13.5. The molecular weight excluding hydrogens is 420 g/mol. The third kappa shape index (κ3) is 3.39. The van der Waals surface area contributed by atoms with Crippen molar-refractivity contribution in [1.29, 1.82) is 0 Å². The molecule has 2 aliphatic carbocycles. The van der Waals surface area contributed by atoms with Crippen LogP contribution in [0.1, 0.15) is 49.3 Å². The van der Waals surface area contributed by atoms with Gasteiger partial charge in [-0.3, -0.25) is 0 Å². The Kier molecular flexibility index (Phi) is 5.01. The van der Waals surface area contributed by atoms with Crippen LogP contribution in [0.4, 0.5) is 0 Å². The van der Waals surface area contributed by atoms with E-state index in [-0.39, 0.29) is 21.9 Å². The van der Waals surface area contributed by atoms with Crippen molar-refractivity contribution < 1.29 is 16.8 Å². The smallest absolute Gasteiger partial charge is 0.207 e. The Bertz CT molecular complexity index is 1150. The lowest BCUT2D eigenvalue weighted by Gasteiger charge is -2.29. The summed E-state index contributed by atoms with van der Waals surface area (Å²) in [6.45, 7) is 1.05. The quantitative estimate of drug-likeness (QED) is 0.682. The Morgan fingerprint density at radius 3 is 2.10 bits per heavy atom. The summed E-state index contributed by atoms with van der Waals surface area (Å²) in [6.07, 6.45) is 5.15. The van der Waals surface area contributed by atoms with Gasteiger partial charge in [0.15, 0.2) is 0 Å². The third-order valence-corrected chi connectivity index (χ3v) is 10.3. The van der Waals surface area contributed by atoms with E-state index in [1.807, 2.05) is 18.2 Å². The second-order valence-corrected chi connectivity index (χ2v) is 12.2. The van der Waals surface area contributed by atoms with Gasteiger partial charge in [-0.1, -0.05) is 24.3 Å². The Labute approximate surface area is 178 Å². The largest absolute Gasteiger partial charge is 0.243 e. The lowest BCUT2D eigenvalue weighted by Crippen LogP contribution is -2.36. The Morgan fingerprint density at radius 2 is 1.43 bits per heavy atom. The molecule has 0 bridgehead atoms. The van der Waals surface area contributed by atoms with Crippen LogP contribution in [-0.4, -0.2) is 44.6 Å². The standard InChI is InChI=1S/C22H26N2O4S2/c25-29(26,23-15-3-4-16-23)19-10-12-20(13-11-19)30(27,28)24(18-8-9-18)22-14-7-17-5-1-2-6-21(17)22/h1-2,5-6,10-13,18,22H,3-4,7-9,14-16H2. The van der Waals surface area contributed by atoms with Crippen molar-refractivity contribution in [2.45, 2.75) is 60.4 Å². The maximum Gasteiger partial charge on any atom is 0.243 e. The monoisotopic (exact) mass is 446 g/mol. The Balaban J connectivity index is 1.47. The fourth-order valence-corrected chi connectivity index (χ4v) is 8.13. The minimum atomic E-state index is -3.72. The van der Waals surface area contributed by atoms with Gasteiger partial charge in [0.1, 0.15) is 0 Å². The summed E-state index contributed by atoms with van der Waals surface area (Å²) in [5, 5.41) is 0. The summed E-state index contributed by atoms with van der Waals surface area (Å²) in [5.41, 5.74) is 2.32. The zero-order valence-corrected chi connectivity index (χ0v) is 18.4. The van der Waals surface area contributed by atoms with Gasteiger partial charge < -0.3 is 0 Å². The molecule has 30 heavy (non-hydrogen) atoms. The molecule has 1 aliphatic heterocycles. The number of hydrogen-bond acceptors (Lipinski definition) is 4. The molecule has 3 aliphatic rings. The van der Waals surface area contributed by atoms with Gasteiger partial charge in [-0.25, -0.2) is 16.8 Å². The molecule has 1 saturated heterocycles. The summed E-state index contributed by atoms with van der Waals surface area (Å²) < 4.78 is 55.9. The summed E-state index contributed by atoms with van der Waals surface area (Å²) in [4.78, 5) is 0.326. The highest BCUT2D eigenvalue weighted by atomic mass is 32.2. The topological polar surface area (TPSA) is 74.8 Å². The molecule has 0 aromatic heterocycles. The highest BCUT2D eigenvalue weighted by Crippen LogP contribution is 2.45. The summed E-state index contributed by atoms with van der Waals surface area (Å²) in [7, 11) is -7.28. The normalized spacial score (nSPS) is 22.5. The van der Waals surface area contributed by atoms with E-state index in [4.69, 9.17) is 0 Å². The van der Waals surface area contributed by atoms with Crippen molar-refractivity contribution >= 4 is 20.0 Å². The maximum absolute atomic E-state index is 13.6. The second kappa shape index (κ2) is 7.44. The van der Waals surface area contributed by atoms with Crippen LogP contribution in [0.15, 0.2) is 58.3 Å². The van der Waals surface area contributed by atoms with E-state index in [1.165, 1.54) is 34.1 Å². The van der Waals surface area contributed by atoms with E-state index in [1.54, 1.807) is 4.31 Å². The molecule has 0 N–H and O–H groups in total. The fraction of sp³-hybridized carbons (Fsp3) is 0.455. The Morgan fingerprint density at radius 1 is 0.800 bits per heavy atom. The van der Waals surface area contributed by atoms with Crippen molar-refractivity contribution in [2.24, 2.45) is 0 Å². The lowest BCUT2D eigenvalue weighted by atomic mass is 10.1. The number of rotatable bonds is 6. The molecule has 1 heterocycles. The molecule has 2 aromatic carbocycles. The summed E-state index contributed by atoms with van der Waals surface area (Å²) in [5.74, 6) is 0. The zero-order chi connectivity index (χ0) is 20.9. The van der Waals surface area contributed by atoms with Crippen LogP contribution in [0.25, 0.3) is 0 Å². The van der Waals surface area contributed by atoms with Gasteiger partial charge >= 0.3 is 0 Å². The van der Waals surface area contributed by atoms with E-state index in [0.29, 0.717) is 13.1 Å². The highest BCUT2D eigenvalue weighted by Gasteiger charge is 2.45. The van der Waals surface area contributed by atoms with Gasteiger partial charge in [0.05, 0.1) is 15.8 Å². The molecule has 5 rings (SSSR count). The maximum atomic E-state index is 13.6. The molecule has 160 valence electrons. The molecule has 2 fully saturated rings. The molecule has 1 unspecified atom stereocenters.